The largest absolute Gasteiger partial charge is 0.467 e. The van der Waals surface area contributed by atoms with E-state index < -0.39 is 0 Å². The third-order valence-corrected chi connectivity index (χ3v) is 2.31. The molecule has 6 heteroatoms. The molecule has 0 aliphatic carbocycles. The van der Waals surface area contributed by atoms with Gasteiger partial charge in [0.1, 0.15) is 12.3 Å². The second-order valence-electron chi connectivity index (χ2n) is 4.49. The van der Waals surface area contributed by atoms with Crippen LogP contribution in [0.3, 0.4) is 0 Å². The first kappa shape index (κ1) is 16.1. The number of guanidine groups is 1. The van der Waals surface area contributed by atoms with E-state index in [-0.39, 0.29) is 12.1 Å². The standard InChI is InChI=1S/C14H23N3O3/c1-4-15-14(17-10-12-6-5-9-19-12)16-8-7-13(18)20-11(2)3/h5-6,9,11H,4,7-8,10H2,1-3H3,(H2,15,16,17). The van der Waals surface area contributed by atoms with Gasteiger partial charge in [-0.25, -0.2) is 4.99 Å². The Hall–Kier alpha value is -1.98. The van der Waals surface area contributed by atoms with Crippen LogP contribution in [0.5, 0.6) is 0 Å². The van der Waals surface area contributed by atoms with E-state index in [4.69, 9.17) is 9.15 Å². The summed E-state index contributed by atoms with van der Waals surface area (Å²) in [5.74, 6) is 1.23. The molecule has 0 fully saturated rings. The number of carbonyl (C=O) groups is 1. The van der Waals surface area contributed by atoms with Gasteiger partial charge in [0.25, 0.3) is 0 Å². The summed E-state index contributed by atoms with van der Waals surface area (Å²) in [6.07, 6.45) is 1.85. The van der Waals surface area contributed by atoms with E-state index in [1.165, 1.54) is 0 Å². The maximum absolute atomic E-state index is 11.4. The molecule has 0 saturated carbocycles. The van der Waals surface area contributed by atoms with Gasteiger partial charge >= 0.3 is 5.97 Å². The SMILES string of the molecule is CCNC(=NCc1ccco1)NCCC(=O)OC(C)C. The molecule has 0 unspecified atom stereocenters. The lowest BCUT2D eigenvalue weighted by molar-refractivity contribution is -0.147. The zero-order valence-electron chi connectivity index (χ0n) is 12.3. The Morgan fingerprint density at radius 3 is 2.85 bits per heavy atom. The third kappa shape index (κ3) is 6.82. The molecule has 0 aliphatic heterocycles. The van der Waals surface area contributed by atoms with Crippen molar-refractivity contribution in [1.29, 1.82) is 0 Å². The summed E-state index contributed by atoms with van der Waals surface area (Å²) < 4.78 is 10.3. The van der Waals surface area contributed by atoms with Gasteiger partial charge in [0.05, 0.1) is 18.8 Å². The van der Waals surface area contributed by atoms with E-state index in [9.17, 15) is 4.79 Å². The third-order valence-electron chi connectivity index (χ3n) is 2.31. The van der Waals surface area contributed by atoms with Crippen molar-refractivity contribution < 1.29 is 13.9 Å². The number of ether oxygens (including phenoxy) is 1. The van der Waals surface area contributed by atoms with Crippen molar-refractivity contribution in [3.05, 3.63) is 24.2 Å². The molecule has 0 aromatic carbocycles. The molecule has 1 aromatic heterocycles. The minimum atomic E-state index is -0.214. The number of nitrogens with zero attached hydrogens (tertiary/aromatic N) is 1. The van der Waals surface area contributed by atoms with Crippen LogP contribution in [-0.2, 0) is 16.1 Å². The van der Waals surface area contributed by atoms with Crippen molar-refractivity contribution >= 4 is 11.9 Å². The van der Waals surface area contributed by atoms with Crippen molar-refractivity contribution in [3.8, 4) is 0 Å². The van der Waals surface area contributed by atoms with Crippen LogP contribution in [-0.4, -0.2) is 31.1 Å². The molecule has 1 heterocycles. The molecule has 0 radical (unpaired) electrons. The Morgan fingerprint density at radius 1 is 1.45 bits per heavy atom. The lowest BCUT2D eigenvalue weighted by Gasteiger charge is -2.11. The topological polar surface area (TPSA) is 75.9 Å². The van der Waals surface area contributed by atoms with E-state index >= 15 is 0 Å². The average Bonchev–Trinajstić information content (AvgIpc) is 2.88. The molecular weight excluding hydrogens is 258 g/mol. The van der Waals surface area contributed by atoms with Gasteiger partial charge in [-0.2, -0.15) is 0 Å². The van der Waals surface area contributed by atoms with Crippen LogP contribution in [0.4, 0.5) is 0 Å². The van der Waals surface area contributed by atoms with Crippen molar-refractivity contribution in [3.63, 3.8) is 0 Å². The molecule has 1 aromatic rings. The first-order chi connectivity index (χ1) is 9.61. The van der Waals surface area contributed by atoms with Gasteiger partial charge in [0, 0.05) is 13.1 Å². The van der Waals surface area contributed by atoms with Gasteiger partial charge in [0.15, 0.2) is 5.96 Å². The number of esters is 1. The molecular formula is C14H23N3O3. The highest BCUT2D eigenvalue weighted by atomic mass is 16.5. The van der Waals surface area contributed by atoms with Gasteiger partial charge < -0.3 is 19.8 Å². The summed E-state index contributed by atoms with van der Waals surface area (Å²) >= 11 is 0. The molecule has 0 bridgehead atoms. The zero-order valence-corrected chi connectivity index (χ0v) is 12.3. The first-order valence-electron chi connectivity index (χ1n) is 6.85. The molecule has 20 heavy (non-hydrogen) atoms. The lowest BCUT2D eigenvalue weighted by Crippen LogP contribution is -2.38. The minimum Gasteiger partial charge on any atom is -0.467 e. The predicted molar refractivity (Wildman–Crippen MR) is 77.4 cm³/mol. The Kier molecular flexibility index (Phi) is 7.24. The second-order valence-corrected chi connectivity index (χ2v) is 4.49. The number of rotatable bonds is 7. The van der Waals surface area contributed by atoms with Gasteiger partial charge in [-0.15, -0.1) is 0 Å². The monoisotopic (exact) mass is 281 g/mol. The van der Waals surface area contributed by atoms with E-state index in [0.29, 0.717) is 25.5 Å². The van der Waals surface area contributed by atoms with E-state index in [1.807, 2.05) is 32.9 Å². The van der Waals surface area contributed by atoms with Crippen LogP contribution < -0.4 is 10.6 Å². The van der Waals surface area contributed by atoms with E-state index in [2.05, 4.69) is 15.6 Å². The number of aliphatic imine (C=N–C) groups is 1. The Morgan fingerprint density at radius 2 is 2.25 bits per heavy atom. The average molecular weight is 281 g/mol. The Bertz CT molecular complexity index is 413. The van der Waals surface area contributed by atoms with Crippen LogP contribution in [0.15, 0.2) is 27.8 Å². The molecule has 6 nitrogen and oxygen atoms in total. The number of carbonyl (C=O) groups excluding carboxylic acids is 1. The maximum atomic E-state index is 11.4. The summed E-state index contributed by atoms with van der Waals surface area (Å²) in [5.41, 5.74) is 0. The highest BCUT2D eigenvalue weighted by Crippen LogP contribution is 2.01. The number of furan rings is 1. The molecule has 2 N–H and O–H groups in total. The van der Waals surface area contributed by atoms with Crippen molar-refractivity contribution in [2.45, 2.75) is 39.8 Å². The smallest absolute Gasteiger partial charge is 0.307 e. The molecule has 1 rings (SSSR count). The first-order valence-corrected chi connectivity index (χ1v) is 6.85. The quantitative estimate of drug-likeness (QED) is 0.452. The molecule has 0 atom stereocenters. The van der Waals surface area contributed by atoms with Crippen LogP contribution in [0.2, 0.25) is 0 Å². The summed E-state index contributed by atoms with van der Waals surface area (Å²) in [6.45, 7) is 7.34. The van der Waals surface area contributed by atoms with Gasteiger partial charge in [-0.1, -0.05) is 0 Å². The van der Waals surface area contributed by atoms with Crippen molar-refractivity contribution in [2.24, 2.45) is 4.99 Å². The fourth-order valence-corrected chi connectivity index (χ4v) is 1.51. The van der Waals surface area contributed by atoms with Crippen LogP contribution in [0, 0.1) is 0 Å². The van der Waals surface area contributed by atoms with Gasteiger partial charge in [0.2, 0.25) is 0 Å². The summed E-state index contributed by atoms with van der Waals surface area (Å²) in [6, 6.07) is 3.69. The lowest BCUT2D eigenvalue weighted by atomic mass is 10.4. The molecule has 0 aliphatic rings. The van der Waals surface area contributed by atoms with Crippen molar-refractivity contribution in [2.75, 3.05) is 13.1 Å². The fourth-order valence-electron chi connectivity index (χ4n) is 1.51. The highest BCUT2D eigenvalue weighted by Gasteiger charge is 2.05. The predicted octanol–water partition coefficient (Wildman–Crippen LogP) is 1.68. The summed E-state index contributed by atoms with van der Waals surface area (Å²) in [5, 5.41) is 6.19. The summed E-state index contributed by atoms with van der Waals surface area (Å²) in [4.78, 5) is 15.8. The zero-order chi connectivity index (χ0) is 14.8. The molecule has 0 amide bonds. The molecule has 0 spiro atoms. The molecule has 112 valence electrons. The van der Waals surface area contributed by atoms with Gasteiger partial charge in [-0.05, 0) is 32.9 Å². The molecule has 0 saturated heterocycles. The Labute approximate surface area is 119 Å². The van der Waals surface area contributed by atoms with Crippen LogP contribution in [0.25, 0.3) is 0 Å². The van der Waals surface area contributed by atoms with Gasteiger partial charge in [-0.3, -0.25) is 4.79 Å². The maximum Gasteiger partial charge on any atom is 0.307 e. The highest BCUT2D eigenvalue weighted by molar-refractivity contribution is 5.80. The Balaban J connectivity index is 2.35. The van der Waals surface area contributed by atoms with Crippen molar-refractivity contribution in [1.82, 2.24) is 10.6 Å². The number of hydrogen-bond acceptors (Lipinski definition) is 4. The number of hydrogen-bond donors (Lipinski definition) is 2. The second kappa shape index (κ2) is 9.01. The summed E-state index contributed by atoms with van der Waals surface area (Å²) in [7, 11) is 0. The van der Waals surface area contributed by atoms with E-state index in [1.54, 1.807) is 6.26 Å². The normalized spacial score (nSPS) is 11.5. The fraction of sp³-hybridized carbons (Fsp3) is 0.571. The van der Waals surface area contributed by atoms with E-state index in [0.717, 1.165) is 12.3 Å². The number of nitrogens with one attached hydrogen (secondary N) is 2. The minimum absolute atomic E-state index is 0.0802. The van der Waals surface area contributed by atoms with Crippen LogP contribution in [0.1, 0.15) is 33.0 Å². The van der Waals surface area contributed by atoms with Crippen LogP contribution >= 0.6 is 0 Å².